The van der Waals surface area contributed by atoms with E-state index in [2.05, 4.69) is 15.5 Å². The second-order valence-corrected chi connectivity index (χ2v) is 4.79. The molecule has 0 aliphatic rings. The summed E-state index contributed by atoms with van der Waals surface area (Å²) < 4.78 is 5.12. The number of anilines is 1. The molecule has 2 rings (SSSR count). The SMILES string of the molecule is CC(N)C(C)c1nc(CC(=O)Nc2ccccc2)no1. The van der Waals surface area contributed by atoms with Crippen molar-refractivity contribution in [1.82, 2.24) is 10.1 Å². The third-order valence-corrected chi connectivity index (χ3v) is 3.04. The van der Waals surface area contributed by atoms with Crippen LogP contribution in [0, 0.1) is 0 Å². The van der Waals surface area contributed by atoms with Gasteiger partial charge in [0.05, 0.1) is 12.3 Å². The standard InChI is InChI=1S/C14H18N4O2/c1-9(10(2)15)14-17-12(18-20-14)8-13(19)16-11-6-4-3-5-7-11/h3-7,9-10H,8,15H2,1-2H3,(H,16,19). The lowest BCUT2D eigenvalue weighted by molar-refractivity contribution is -0.115. The Labute approximate surface area is 117 Å². The third kappa shape index (κ3) is 3.64. The van der Waals surface area contributed by atoms with E-state index < -0.39 is 0 Å². The number of benzene rings is 1. The monoisotopic (exact) mass is 274 g/mol. The molecule has 0 aliphatic carbocycles. The molecule has 1 aromatic heterocycles. The summed E-state index contributed by atoms with van der Waals surface area (Å²) in [6.07, 6.45) is 0.0735. The van der Waals surface area contributed by atoms with Gasteiger partial charge in [-0.15, -0.1) is 0 Å². The van der Waals surface area contributed by atoms with Crippen molar-refractivity contribution in [1.29, 1.82) is 0 Å². The number of para-hydroxylation sites is 1. The summed E-state index contributed by atoms with van der Waals surface area (Å²) in [5.41, 5.74) is 6.51. The molecule has 1 heterocycles. The van der Waals surface area contributed by atoms with Crippen molar-refractivity contribution in [3.63, 3.8) is 0 Å². The first-order valence-corrected chi connectivity index (χ1v) is 6.49. The van der Waals surface area contributed by atoms with Crippen LogP contribution in [0.2, 0.25) is 0 Å². The first-order chi connectivity index (χ1) is 9.56. The number of carbonyl (C=O) groups excluding carboxylic acids is 1. The Morgan fingerprint density at radius 2 is 2.05 bits per heavy atom. The topological polar surface area (TPSA) is 94.0 Å². The van der Waals surface area contributed by atoms with Crippen LogP contribution in [0.3, 0.4) is 0 Å². The average Bonchev–Trinajstić information content (AvgIpc) is 2.87. The van der Waals surface area contributed by atoms with Gasteiger partial charge in [-0.1, -0.05) is 30.3 Å². The number of rotatable bonds is 5. The van der Waals surface area contributed by atoms with Crippen LogP contribution >= 0.6 is 0 Å². The van der Waals surface area contributed by atoms with Crippen molar-refractivity contribution in [2.24, 2.45) is 5.73 Å². The van der Waals surface area contributed by atoms with E-state index in [0.29, 0.717) is 11.7 Å². The zero-order valence-corrected chi connectivity index (χ0v) is 11.5. The lowest BCUT2D eigenvalue weighted by Gasteiger charge is -2.09. The summed E-state index contributed by atoms with van der Waals surface area (Å²) in [6.45, 7) is 3.78. The van der Waals surface area contributed by atoms with Gasteiger partial charge in [-0.25, -0.2) is 0 Å². The summed E-state index contributed by atoms with van der Waals surface area (Å²) in [4.78, 5) is 16.0. The molecule has 0 fully saturated rings. The maximum Gasteiger partial charge on any atom is 0.232 e. The van der Waals surface area contributed by atoms with Gasteiger partial charge in [0.2, 0.25) is 11.8 Å². The van der Waals surface area contributed by atoms with Crippen LogP contribution in [-0.2, 0) is 11.2 Å². The first-order valence-electron chi connectivity index (χ1n) is 6.49. The van der Waals surface area contributed by atoms with Crippen LogP contribution in [0.1, 0.15) is 31.5 Å². The second-order valence-electron chi connectivity index (χ2n) is 4.79. The Hall–Kier alpha value is -2.21. The predicted octanol–water partition coefficient (Wildman–Crippen LogP) is 1.70. The Balaban J connectivity index is 1.95. The molecule has 6 nitrogen and oxygen atoms in total. The van der Waals surface area contributed by atoms with Crippen LogP contribution in [0.5, 0.6) is 0 Å². The number of nitrogens with two attached hydrogens (primary N) is 1. The first kappa shape index (κ1) is 14.2. The minimum Gasteiger partial charge on any atom is -0.339 e. The van der Waals surface area contributed by atoms with E-state index in [4.69, 9.17) is 10.3 Å². The lowest BCUT2D eigenvalue weighted by atomic mass is 10.1. The van der Waals surface area contributed by atoms with Gasteiger partial charge >= 0.3 is 0 Å². The van der Waals surface area contributed by atoms with Crippen LogP contribution in [0.4, 0.5) is 5.69 Å². The van der Waals surface area contributed by atoms with E-state index in [1.807, 2.05) is 44.2 Å². The predicted molar refractivity (Wildman–Crippen MR) is 75.1 cm³/mol. The van der Waals surface area contributed by atoms with Gasteiger partial charge in [-0.2, -0.15) is 4.98 Å². The number of hydrogen-bond donors (Lipinski definition) is 2. The smallest absolute Gasteiger partial charge is 0.232 e. The molecule has 0 aliphatic heterocycles. The largest absolute Gasteiger partial charge is 0.339 e. The van der Waals surface area contributed by atoms with E-state index in [0.717, 1.165) is 5.69 Å². The van der Waals surface area contributed by atoms with Gasteiger partial charge in [-0.05, 0) is 19.1 Å². The maximum absolute atomic E-state index is 11.8. The molecule has 0 bridgehead atoms. The highest BCUT2D eigenvalue weighted by atomic mass is 16.5. The summed E-state index contributed by atoms with van der Waals surface area (Å²) in [6, 6.07) is 9.14. The Bertz CT molecular complexity index is 566. The second kappa shape index (κ2) is 6.29. The molecule has 3 N–H and O–H groups in total. The van der Waals surface area contributed by atoms with E-state index in [1.54, 1.807) is 0 Å². The van der Waals surface area contributed by atoms with E-state index >= 15 is 0 Å². The van der Waals surface area contributed by atoms with Crippen LogP contribution in [0.25, 0.3) is 0 Å². The number of hydrogen-bond acceptors (Lipinski definition) is 5. The molecule has 0 saturated carbocycles. The molecule has 0 spiro atoms. The molecule has 1 amide bonds. The fourth-order valence-electron chi connectivity index (χ4n) is 1.62. The minimum atomic E-state index is -0.183. The fraction of sp³-hybridized carbons (Fsp3) is 0.357. The number of nitrogens with one attached hydrogen (secondary N) is 1. The molecule has 106 valence electrons. The van der Waals surface area contributed by atoms with Crippen LogP contribution in [0.15, 0.2) is 34.9 Å². The molecular formula is C14H18N4O2. The van der Waals surface area contributed by atoms with Crippen molar-refractivity contribution in [3.8, 4) is 0 Å². The van der Waals surface area contributed by atoms with Gasteiger partial charge in [0.1, 0.15) is 0 Å². The molecule has 6 heteroatoms. The Morgan fingerprint density at radius 3 is 2.70 bits per heavy atom. The highest BCUT2D eigenvalue weighted by molar-refractivity contribution is 5.91. The lowest BCUT2D eigenvalue weighted by Crippen LogP contribution is -2.22. The number of nitrogens with zero attached hydrogens (tertiary/aromatic N) is 2. The van der Waals surface area contributed by atoms with Crippen molar-refractivity contribution in [2.45, 2.75) is 32.2 Å². The van der Waals surface area contributed by atoms with Gasteiger partial charge in [0, 0.05) is 11.7 Å². The molecule has 0 saturated heterocycles. The van der Waals surface area contributed by atoms with E-state index in [1.165, 1.54) is 0 Å². The maximum atomic E-state index is 11.8. The molecule has 1 aromatic carbocycles. The van der Waals surface area contributed by atoms with Crippen molar-refractivity contribution >= 4 is 11.6 Å². The third-order valence-electron chi connectivity index (χ3n) is 3.04. The highest BCUT2D eigenvalue weighted by Gasteiger charge is 2.19. The van der Waals surface area contributed by atoms with Crippen molar-refractivity contribution in [3.05, 3.63) is 42.0 Å². The van der Waals surface area contributed by atoms with Crippen LogP contribution < -0.4 is 11.1 Å². The van der Waals surface area contributed by atoms with Gasteiger partial charge in [0.15, 0.2) is 5.82 Å². The molecule has 2 unspecified atom stereocenters. The van der Waals surface area contributed by atoms with E-state index in [-0.39, 0.29) is 24.3 Å². The summed E-state index contributed by atoms with van der Waals surface area (Å²) in [5.74, 6) is 0.605. The Morgan fingerprint density at radius 1 is 1.35 bits per heavy atom. The van der Waals surface area contributed by atoms with Gasteiger partial charge < -0.3 is 15.6 Å². The number of amides is 1. The summed E-state index contributed by atoms with van der Waals surface area (Å²) in [5, 5.41) is 6.57. The zero-order valence-electron chi connectivity index (χ0n) is 11.5. The molecular weight excluding hydrogens is 256 g/mol. The quantitative estimate of drug-likeness (QED) is 0.865. The summed E-state index contributed by atoms with van der Waals surface area (Å²) in [7, 11) is 0. The van der Waals surface area contributed by atoms with Crippen molar-refractivity contribution < 1.29 is 9.32 Å². The fourth-order valence-corrected chi connectivity index (χ4v) is 1.62. The molecule has 2 atom stereocenters. The molecule has 20 heavy (non-hydrogen) atoms. The minimum absolute atomic E-state index is 0.0339. The average molecular weight is 274 g/mol. The number of aromatic nitrogens is 2. The number of carbonyl (C=O) groups is 1. The van der Waals surface area contributed by atoms with Gasteiger partial charge in [0.25, 0.3) is 0 Å². The summed E-state index contributed by atoms with van der Waals surface area (Å²) >= 11 is 0. The molecule has 2 aromatic rings. The van der Waals surface area contributed by atoms with Crippen LogP contribution in [-0.4, -0.2) is 22.1 Å². The highest BCUT2D eigenvalue weighted by Crippen LogP contribution is 2.15. The molecule has 0 radical (unpaired) electrons. The van der Waals surface area contributed by atoms with E-state index in [9.17, 15) is 4.79 Å². The zero-order chi connectivity index (χ0) is 14.5. The van der Waals surface area contributed by atoms with Gasteiger partial charge in [-0.3, -0.25) is 4.79 Å². The Kier molecular flexibility index (Phi) is 4.47. The normalized spacial score (nSPS) is 13.8. The van der Waals surface area contributed by atoms with Crippen molar-refractivity contribution in [2.75, 3.05) is 5.32 Å².